The molecule has 82 valence electrons. The van der Waals surface area contributed by atoms with Gasteiger partial charge in [0.25, 0.3) is 0 Å². The van der Waals surface area contributed by atoms with Crippen LogP contribution in [0.2, 0.25) is 0 Å². The van der Waals surface area contributed by atoms with Crippen molar-refractivity contribution in [2.24, 2.45) is 0 Å². The number of aromatic nitrogens is 3. The zero-order valence-corrected chi connectivity index (χ0v) is 8.79. The third kappa shape index (κ3) is 2.08. The van der Waals surface area contributed by atoms with E-state index in [1.165, 1.54) is 6.20 Å². The maximum absolute atomic E-state index is 10.9. The fourth-order valence-electron chi connectivity index (χ4n) is 1.49. The van der Waals surface area contributed by atoms with Gasteiger partial charge in [-0.05, 0) is 18.6 Å². The molecule has 16 heavy (non-hydrogen) atoms. The summed E-state index contributed by atoms with van der Waals surface area (Å²) < 4.78 is 1.69. The van der Waals surface area contributed by atoms with Crippen LogP contribution in [0.1, 0.15) is 21.6 Å². The number of pyridine rings is 1. The van der Waals surface area contributed by atoms with E-state index in [9.17, 15) is 4.79 Å². The molecule has 0 atom stereocenters. The standard InChI is InChI=1S/C11H11N3O2/c1-8-5-13-14(6-8)7-9-3-2-4-12-10(9)11(15)16/h2-6H,7H2,1H3,(H,15,16). The quantitative estimate of drug-likeness (QED) is 0.842. The molecule has 0 radical (unpaired) electrons. The second-order valence-corrected chi connectivity index (χ2v) is 3.53. The second kappa shape index (κ2) is 4.14. The highest BCUT2D eigenvalue weighted by Gasteiger charge is 2.11. The number of nitrogens with zero attached hydrogens (tertiary/aromatic N) is 3. The lowest BCUT2D eigenvalue weighted by atomic mass is 10.2. The molecule has 0 aliphatic rings. The number of aryl methyl sites for hydroxylation is 1. The van der Waals surface area contributed by atoms with Crippen LogP contribution in [0.3, 0.4) is 0 Å². The van der Waals surface area contributed by atoms with Crippen molar-refractivity contribution in [1.29, 1.82) is 0 Å². The smallest absolute Gasteiger partial charge is 0.354 e. The molecule has 0 aliphatic heterocycles. The average molecular weight is 217 g/mol. The Hall–Kier alpha value is -2.17. The van der Waals surface area contributed by atoms with Crippen molar-refractivity contribution >= 4 is 5.97 Å². The van der Waals surface area contributed by atoms with Crippen molar-refractivity contribution < 1.29 is 9.90 Å². The SMILES string of the molecule is Cc1cnn(Cc2cccnc2C(=O)O)c1. The first kappa shape index (κ1) is 10.4. The maximum Gasteiger partial charge on any atom is 0.354 e. The molecule has 0 unspecified atom stereocenters. The molecule has 5 heteroatoms. The van der Waals surface area contributed by atoms with E-state index in [0.29, 0.717) is 12.1 Å². The summed E-state index contributed by atoms with van der Waals surface area (Å²) >= 11 is 0. The van der Waals surface area contributed by atoms with Crippen LogP contribution >= 0.6 is 0 Å². The Morgan fingerprint density at radius 3 is 3.00 bits per heavy atom. The molecule has 2 aromatic rings. The number of carboxylic acids is 1. The van der Waals surface area contributed by atoms with Gasteiger partial charge in [0.15, 0.2) is 5.69 Å². The van der Waals surface area contributed by atoms with Gasteiger partial charge in [0.2, 0.25) is 0 Å². The molecule has 1 N–H and O–H groups in total. The number of aromatic carboxylic acids is 1. The topological polar surface area (TPSA) is 68.0 Å². The lowest BCUT2D eigenvalue weighted by molar-refractivity contribution is 0.0689. The Bertz CT molecular complexity index is 519. The van der Waals surface area contributed by atoms with E-state index < -0.39 is 5.97 Å². The summed E-state index contributed by atoms with van der Waals surface area (Å²) in [6.45, 7) is 2.36. The van der Waals surface area contributed by atoms with Gasteiger partial charge in [0.1, 0.15) is 0 Å². The van der Waals surface area contributed by atoms with E-state index in [2.05, 4.69) is 10.1 Å². The second-order valence-electron chi connectivity index (χ2n) is 3.53. The molecule has 0 amide bonds. The summed E-state index contributed by atoms with van der Waals surface area (Å²) in [5.41, 5.74) is 1.77. The number of hydrogen-bond acceptors (Lipinski definition) is 3. The van der Waals surface area contributed by atoms with Crippen molar-refractivity contribution in [3.05, 3.63) is 47.5 Å². The van der Waals surface area contributed by atoms with Crippen molar-refractivity contribution in [1.82, 2.24) is 14.8 Å². The molecule has 2 heterocycles. The monoisotopic (exact) mass is 217 g/mol. The Labute approximate surface area is 92.4 Å². The molecule has 5 nitrogen and oxygen atoms in total. The summed E-state index contributed by atoms with van der Waals surface area (Å²) in [5.74, 6) is -1.01. The predicted octanol–water partition coefficient (Wildman–Crippen LogP) is 1.33. The highest BCUT2D eigenvalue weighted by molar-refractivity contribution is 5.86. The first-order chi connectivity index (χ1) is 7.66. The van der Waals surface area contributed by atoms with Crippen LogP contribution in [0.15, 0.2) is 30.7 Å². The van der Waals surface area contributed by atoms with Gasteiger partial charge >= 0.3 is 5.97 Å². The van der Waals surface area contributed by atoms with E-state index >= 15 is 0 Å². The summed E-state index contributed by atoms with van der Waals surface area (Å²) in [5, 5.41) is 13.1. The van der Waals surface area contributed by atoms with E-state index in [4.69, 9.17) is 5.11 Å². The van der Waals surface area contributed by atoms with Gasteiger partial charge in [0.05, 0.1) is 12.7 Å². The highest BCUT2D eigenvalue weighted by atomic mass is 16.4. The summed E-state index contributed by atoms with van der Waals surface area (Å²) in [6, 6.07) is 3.46. The maximum atomic E-state index is 10.9. The van der Waals surface area contributed by atoms with Gasteiger partial charge < -0.3 is 5.11 Å². The molecule has 2 rings (SSSR count). The summed E-state index contributed by atoms with van der Waals surface area (Å²) in [4.78, 5) is 14.8. The van der Waals surface area contributed by atoms with Crippen LogP contribution in [0.4, 0.5) is 0 Å². The molecule has 0 fully saturated rings. The normalized spacial score (nSPS) is 10.3. The Morgan fingerprint density at radius 1 is 1.56 bits per heavy atom. The minimum Gasteiger partial charge on any atom is -0.477 e. The van der Waals surface area contributed by atoms with E-state index in [0.717, 1.165) is 5.56 Å². The third-order valence-electron chi connectivity index (χ3n) is 2.19. The van der Waals surface area contributed by atoms with Crippen molar-refractivity contribution in [3.8, 4) is 0 Å². The minimum absolute atomic E-state index is 0.0793. The zero-order valence-electron chi connectivity index (χ0n) is 8.79. The first-order valence-electron chi connectivity index (χ1n) is 4.83. The van der Waals surface area contributed by atoms with Crippen LogP contribution in [-0.4, -0.2) is 25.8 Å². The third-order valence-corrected chi connectivity index (χ3v) is 2.19. The van der Waals surface area contributed by atoms with Crippen LogP contribution < -0.4 is 0 Å². The number of carboxylic acid groups (broad SMARTS) is 1. The van der Waals surface area contributed by atoms with Gasteiger partial charge in [-0.1, -0.05) is 6.07 Å². The van der Waals surface area contributed by atoms with E-state index in [1.807, 2.05) is 13.1 Å². The molecule has 0 saturated carbocycles. The molecular formula is C11H11N3O2. The first-order valence-corrected chi connectivity index (χ1v) is 4.83. The van der Waals surface area contributed by atoms with Crippen LogP contribution in [0.25, 0.3) is 0 Å². The Morgan fingerprint density at radius 2 is 2.38 bits per heavy atom. The van der Waals surface area contributed by atoms with Crippen molar-refractivity contribution in [2.75, 3.05) is 0 Å². The van der Waals surface area contributed by atoms with Gasteiger partial charge in [-0.2, -0.15) is 5.10 Å². The molecule has 0 bridgehead atoms. The molecular weight excluding hydrogens is 206 g/mol. The zero-order chi connectivity index (χ0) is 11.5. The predicted molar refractivity (Wildman–Crippen MR) is 57.3 cm³/mol. The van der Waals surface area contributed by atoms with Gasteiger partial charge in [-0.25, -0.2) is 9.78 Å². The van der Waals surface area contributed by atoms with Crippen LogP contribution in [0, 0.1) is 6.92 Å². The van der Waals surface area contributed by atoms with Crippen LogP contribution in [0.5, 0.6) is 0 Å². The number of rotatable bonds is 3. The lowest BCUT2D eigenvalue weighted by Crippen LogP contribution is -2.09. The summed E-state index contributed by atoms with van der Waals surface area (Å²) in [7, 11) is 0. The Balaban J connectivity index is 2.31. The Kier molecular flexibility index (Phi) is 2.68. The minimum atomic E-state index is -1.01. The highest BCUT2D eigenvalue weighted by Crippen LogP contribution is 2.08. The van der Waals surface area contributed by atoms with Crippen molar-refractivity contribution in [2.45, 2.75) is 13.5 Å². The molecule has 0 saturated heterocycles. The fraction of sp³-hybridized carbons (Fsp3) is 0.182. The number of carbonyl (C=O) groups is 1. The van der Waals surface area contributed by atoms with E-state index in [-0.39, 0.29) is 5.69 Å². The van der Waals surface area contributed by atoms with Gasteiger partial charge in [-0.15, -0.1) is 0 Å². The fourth-order valence-corrected chi connectivity index (χ4v) is 1.49. The molecule has 2 aromatic heterocycles. The number of hydrogen-bond donors (Lipinski definition) is 1. The van der Waals surface area contributed by atoms with Crippen LogP contribution in [-0.2, 0) is 6.54 Å². The molecule has 0 aromatic carbocycles. The lowest BCUT2D eigenvalue weighted by Gasteiger charge is -2.04. The summed E-state index contributed by atoms with van der Waals surface area (Å²) in [6.07, 6.45) is 5.07. The molecule has 0 spiro atoms. The van der Waals surface area contributed by atoms with Gasteiger partial charge in [-0.3, -0.25) is 4.68 Å². The van der Waals surface area contributed by atoms with E-state index in [1.54, 1.807) is 23.0 Å². The van der Waals surface area contributed by atoms with Gasteiger partial charge in [0, 0.05) is 18.0 Å². The van der Waals surface area contributed by atoms with Crippen molar-refractivity contribution in [3.63, 3.8) is 0 Å². The molecule has 0 aliphatic carbocycles. The largest absolute Gasteiger partial charge is 0.477 e. The average Bonchev–Trinajstić information content (AvgIpc) is 2.64.